The van der Waals surface area contributed by atoms with Crippen LogP contribution in [0.5, 0.6) is 5.75 Å². The highest BCUT2D eigenvalue weighted by molar-refractivity contribution is 6.10. The summed E-state index contributed by atoms with van der Waals surface area (Å²) in [5.74, 6) is -1.75. The van der Waals surface area contributed by atoms with Crippen molar-refractivity contribution < 1.29 is 19.1 Å². The van der Waals surface area contributed by atoms with Crippen LogP contribution in [0.2, 0.25) is 0 Å². The topological polar surface area (TPSA) is 75.7 Å². The summed E-state index contributed by atoms with van der Waals surface area (Å²) in [5.41, 5.74) is 2.31. The molecule has 0 radical (unpaired) electrons. The molecular formula is C25H22N2O4. The van der Waals surface area contributed by atoms with Crippen molar-refractivity contribution in [1.82, 2.24) is 5.32 Å². The summed E-state index contributed by atoms with van der Waals surface area (Å²) in [7, 11) is 3.89. The van der Waals surface area contributed by atoms with Crippen LogP contribution in [0.1, 0.15) is 26.3 Å². The Kier molecular flexibility index (Phi) is 6.96. The second-order valence-corrected chi connectivity index (χ2v) is 6.89. The van der Waals surface area contributed by atoms with Crippen LogP contribution in [0.15, 0.2) is 84.9 Å². The minimum Gasteiger partial charge on any atom is -0.422 e. The molecule has 0 bridgehead atoms. The van der Waals surface area contributed by atoms with Gasteiger partial charge in [0.2, 0.25) is 0 Å². The zero-order valence-electron chi connectivity index (χ0n) is 17.2. The van der Waals surface area contributed by atoms with Crippen LogP contribution in [0, 0.1) is 0 Å². The molecule has 0 fully saturated rings. The molecule has 0 saturated heterocycles. The Morgan fingerprint density at radius 2 is 1.48 bits per heavy atom. The number of amides is 2. The van der Waals surface area contributed by atoms with Crippen LogP contribution < -0.4 is 15.0 Å². The van der Waals surface area contributed by atoms with Gasteiger partial charge in [-0.05, 0) is 48.0 Å². The fourth-order valence-corrected chi connectivity index (χ4v) is 2.75. The Labute approximate surface area is 180 Å². The summed E-state index contributed by atoms with van der Waals surface area (Å²) >= 11 is 0. The zero-order chi connectivity index (χ0) is 22.2. The Bertz CT molecular complexity index is 1100. The van der Waals surface area contributed by atoms with Gasteiger partial charge in [-0.3, -0.25) is 14.9 Å². The number of esters is 1. The zero-order valence-corrected chi connectivity index (χ0v) is 17.2. The molecule has 3 rings (SSSR count). The number of nitrogens with zero attached hydrogens (tertiary/aromatic N) is 1. The number of imide groups is 1. The molecule has 1 N–H and O–H groups in total. The molecule has 2 amide bonds. The van der Waals surface area contributed by atoms with Crippen LogP contribution >= 0.6 is 0 Å². The van der Waals surface area contributed by atoms with E-state index in [-0.39, 0.29) is 11.3 Å². The molecule has 0 atom stereocenters. The van der Waals surface area contributed by atoms with Gasteiger partial charge in [-0.15, -0.1) is 0 Å². The van der Waals surface area contributed by atoms with Crippen molar-refractivity contribution >= 4 is 29.5 Å². The van der Waals surface area contributed by atoms with E-state index in [4.69, 9.17) is 4.74 Å². The molecule has 0 aromatic heterocycles. The van der Waals surface area contributed by atoms with Crippen molar-refractivity contribution in [3.05, 3.63) is 102 Å². The minimum atomic E-state index is -0.658. The molecule has 3 aromatic carbocycles. The number of para-hydroxylation sites is 1. The Hall–Kier alpha value is -4.19. The number of ether oxygens (including phenoxy) is 1. The predicted molar refractivity (Wildman–Crippen MR) is 120 cm³/mol. The predicted octanol–water partition coefficient (Wildman–Crippen LogP) is 3.94. The summed E-state index contributed by atoms with van der Waals surface area (Å²) in [6.45, 7) is 0. The summed E-state index contributed by atoms with van der Waals surface area (Å²) in [6, 6.07) is 22.3. The third-order valence-corrected chi connectivity index (χ3v) is 4.42. The minimum absolute atomic E-state index is 0.0740. The van der Waals surface area contributed by atoms with Crippen LogP contribution in [0.3, 0.4) is 0 Å². The first-order valence-corrected chi connectivity index (χ1v) is 9.61. The summed E-state index contributed by atoms with van der Waals surface area (Å²) in [5, 5.41) is 2.29. The molecule has 0 aliphatic rings. The van der Waals surface area contributed by atoms with E-state index < -0.39 is 17.8 Å². The molecule has 3 aromatic rings. The van der Waals surface area contributed by atoms with E-state index in [2.05, 4.69) is 5.32 Å². The summed E-state index contributed by atoms with van der Waals surface area (Å²) in [6.07, 6.45) is 2.89. The number of hydrogen-bond donors (Lipinski definition) is 1. The van der Waals surface area contributed by atoms with E-state index in [9.17, 15) is 14.4 Å². The quantitative estimate of drug-likeness (QED) is 0.376. The largest absolute Gasteiger partial charge is 0.422 e. The van der Waals surface area contributed by atoms with Crippen molar-refractivity contribution in [2.45, 2.75) is 0 Å². The fourth-order valence-electron chi connectivity index (χ4n) is 2.75. The second-order valence-electron chi connectivity index (χ2n) is 6.89. The first kappa shape index (κ1) is 21.5. The van der Waals surface area contributed by atoms with Gasteiger partial charge in [0.1, 0.15) is 5.75 Å². The van der Waals surface area contributed by atoms with Crippen molar-refractivity contribution in [1.29, 1.82) is 0 Å². The Balaban J connectivity index is 1.66. The standard InChI is InChI=1S/C25H22N2O4/c1-27(2)20-15-12-18(13-16-20)14-17-23(28)26-24(29)21-10-6-7-11-22(21)31-25(30)19-8-4-3-5-9-19/h3-17H,1-2H3,(H,26,28,29)/b17-14+. The highest BCUT2D eigenvalue weighted by Gasteiger charge is 2.17. The number of benzene rings is 3. The van der Waals surface area contributed by atoms with Crippen molar-refractivity contribution in [2.75, 3.05) is 19.0 Å². The van der Waals surface area contributed by atoms with Gasteiger partial charge in [0, 0.05) is 25.9 Å². The molecule has 0 unspecified atom stereocenters. The first-order chi connectivity index (χ1) is 14.9. The van der Waals surface area contributed by atoms with Crippen LogP contribution in [0.4, 0.5) is 5.69 Å². The molecule has 6 nitrogen and oxygen atoms in total. The third-order valence-electron chi connectivity index (χ3n) is 4.42. The fraction of sp³-hybridized carbons (Fsp3) is 0.0800. The molecule has 0 aliphatic carbocycles. The maximum absolute atomic E-state index is 12.6. The maximum Gasteiger partial charge on any atom is 0.343 e. The maximum atomic E-state index is 12.6. The number of carbonyl (C=O) groups excluding carboxylic acids is 3. The average molecular weight is 414 g/mol. The van der Waals surface area contributed by atoms with Gasteiger partial charge >= 0.3 is 5.97 Å². The van der Waals surface area contributed by atoms with Crippen molar-refractivity contribution in [3.8, 4) is 5.75 Å². The second kappa shape index (κ2) is 10.0. The van der Waals surface area contributed by atoms with Gasteiger partial charge in [0.15, 0.2) is 0 Å². The van der Waals surface area contributed by atoms with Crippen molar-refractivity contribution in [3.63, 3.8) is 0 Å². The van der Waals surface area contributed by atoms with E-state index in [0.717, 1.165) is 11.3 Å². The molecule has 0 spiro atoms. The average Bonchev–Trinajstić information content (AvgIpc) is 2.79. The first-order valence-electron chi connectivity index (χ1n) is 9.61. The lowest BCUT2D eigenvalue weighted by Crippen LogP contribution is -2.29. The smallest absolute Gasteiger partial charge is 0.343 e. The Morgan fingerprint density at radius 1 is 0.839 bits per heavy atom. The monoisotopic (exact) mass is 414 g/mol. The SMILES string of the molecule is CN(C)c1ccc(/C=C/C(=O)NC(=O)c2ccccc2OC(=O)c2ccccc2)cc1. The van der Waals surface area contributed by atoms with Crippen LogP contribution in [-0.4, -0.2) is 31.9 Å². The third kappa shape index (κ3) is 5.90. The number of hydrogen-bond acceptors (Lipinski definition) is 5. The van der Waals surface area contributed by atoms with Gasteiger partial charge in [0.25, 0.3) is 11.8 Å². The Morgan fingerprint density at radius 3 is 2.16 bits per heavy atom. The molecule has 156 valence electrons. The summed E-state index contributed by atoms with van der Waals surface area (Å²) < 4.78 is 5.36. The summed E-state index contributed by atoms with van der Waals surface area (Å²) in [4.78, 5) is 39.0. The normalized spacial score (nSPS) is 10.5. The number of anilines is 1. The van der Waals surface area contributed by atoms with Crippen LogP contribution in [0.25, 0.3) is 6.08 Å². The number of nitrogens with one attached hydrogen (secondary N) is 1. The lowest BCUT2D eigenvalue weighted by atomic mass is 10.1. The number of carbonyl (C=O) groups is 3. The van der Waals surface area contributed by atoms with Gasteiger partial charge in [-0.25, -0.2) is 4.79 Å². The molecular weight excluding hydrogens is 392 g/mol. The van der Waals surface area contributed by atoms with Crippen molar-refractivity contribution in [2.24, 2.45) is 0 Å². The molecule has 0 saturated carbocycles. The molecule has 0 heterocycles. The van der Waals surface area contributed by atoms with Gasteiger partial charge < -0.3 is 9.64 Å². The van der Waals surface area contributed by atoms with Gasteiger partial charge in [-0.1, -0.05) is 42.5 Å². The molecule has 31 heavy (non-hydrogen) atoms. The lowest BCUT2D eigenvalue weighted by molar-refractivity contribution is -0.115. The van der Waals surface area contributed by atoms with E-state index in [1.165, 1.54) is 18.2 Å². The van der Waals surface area contributed by atoms with Crippen LogP contribution in [-0.2, 0) is 4.79 Å². The highest BCUT2D eigenvalue weighted by Crippen LogP contribution is 2.19. The highest BCUT2D eigenvalue weighted by atomic mass is 16.5. The van der Waals surface area contributed by atoms with E-state index >= 15 is 0 Å². The van der Waals surface area contributed by atoms with E-state index in [0.29, 0.717) is 5.56 Å². The van der Waals surface area contributed by atoms with Gasteiger partial charge in [0.05, 0.1) is 11.1 Å². The lowest BCUT2D eigenvalue weighted by Gasteiger charge is -2.11. The molecule has 0 aliphatic heterocycles. The van der Waals surface area contributed by atoms with E-state index in [1.807, 2.05) is 43.3 Å². The number of rotatable bonds is 6. The molecule has 6 heteroatoms. The van der Waals surface area contributed by atoms with Gasteiger partial charge in [-0.2, -0.15) is 0 Å². The van der Waals surface area contributed by atoms with E-state index in [1.54, 1.807) is 48.5 Å².